The van der Waals surface area contributed by atoms with Crippen molar-refractivity contribution < 1.29 is 0 Å². The van der Waals surface area contributed by atoms with Crippen molar-refractivity contribution in [1.29, 1.82) is 0 Å². The number of pyridine rings is 3. The second-order valence-electron chi connectivity index (χ2n) is 6.04. The average Bonchev–Trinajstić information content (AvgIpc) is 3.13. The molecule has 4 heterocycles. The molecular weight excluding hydrogens is 340 g/mol. The molecule has 2 N–H and O–H groups in total. The number of nitrogens with two attached hydrogens (primary N) is 1. The summed E-state index contributed by atoms with van der Waals surface area (Å²) in [6.07, 6.45) is 3.53. The predicted molar refractivity (Wildman–Crippen MR) is 108 cm³/mol. The molecule has 5 aromatic rings. The van der Waals surface area contributed by atoms with Crippen LogP contribution in [0.3, 0.4) is 0 Å². The van der Waals surface area contributed by atoms with Crippen LogP contribution in [0, 0.1) is 0 Å². The highest BCUT2D eigenvalue weighted by molar-refractivity contribution is 7.17. The lowest BCUT2D eigenvalue weighted by molar-refractivity contribution is 1.28. The van der Waals surface area contributed by atoms with Crippen LogP contribution in [-0.2, 0) is 0 Å². The highest BCUT2D eigenvalue weighted by Crippen LogP contribution is 2.37. The van der Waals surface area contributed by atoms with Crippen LogP contribution in [0.4, 0.5) is 5.82 Å². The van der Waals surface area contributed by atoms with Crippen molar-refractivity contribution in [1.82, 2.24) is 15.0 Å². The van der Waals surface area contributed by atoms with Gasteiger partial charge in [-0.1, -0.05) is 24.3 Å². The molecule has 0 atom stereocenters. The molecule has 0 amide bonds. The molecule has 0 saturated heterocycles. The van der Waals surface area contributed by atoms with Gasteiger partial charge in [0.25, 0.3) is 0 Å². The molecular formula is C21H14N4S. The molecule has 4 nitrogen and oxygen atoms in total. The first-order valence-electron chi connectivity index (χ1n) is 8.24. The van der Waals surface area contributed by atoms with Crippen LogP contribution in [0.2, 0.25) is 0 Å². The van der Waals surface area contributed by atoms with Gasteiger partial charge in [-0.2, -0.15) is 0 Å². The SMILES string of the molecule is Nc1nccc2scc(-c3ccc4ccc(-c5ccccn5)nc4c3)c12. The fourth-order valence-corrected chi connectivity index (χ4v) is 4.13. The lowest BCUT2D eigenvalue weighted by atomic mass is 10.0. The molecule has 26 heavy (non-hydrogen) atoms. The smallest absolute Gasteiger partial charge is 0.132 e. The first kappa shape index (κ1) is 15.0. The Kier molecular flexibility index (Phi) is 3.40. The monoisotopic (exact) mass is 354 g/mol. The van der Waals surface area contributed by atoms with Gasteiger partial charge in [-0.3, -0.25) is 4.98 Å². The van der Waals surface area contributed by atoms with Crippen molar-refractivity contribution >= 4 is 38.1 Å². The molecule has 0 aliphatic rings. The highest BCUT2D eigenvalue weighted by atomic mass is 32.1. The second-order valence-corrected chi connectivity index (χ2v) is 6.95. The van der Waals surface area contributed by atoms with Crippen molar-refractivity contribution in [3.05, 3.63) is 72.4 Å². The first-order chi connectivity index (χ1) is 12.8. The van der Waals surface area contributed by atoms with E-state index in [1.54, 1.807) is 23.7 Å². The van der Waals surface area contributed by atoms with E-state index < -0.39 is 0 Å². The predicted octanol–water partition coefficient (Wildman–Crippen LogP) is 5.16. The summed E-state index contributed by atoms with van der Waals surface area (Å²) in [5.74, 6) is 0.564. The van der Waals surface area contributed by atoms with Crippen LogP contribution in [0.1, 0.15) is 0 Å². The van der Waals surface area contributed by atoms with Crippen LogP contribution in [-0.4, -0.2) is 15.0 Å². The standard InChI is InChI=1S/C21H14N4S/c22-21-20-15(12-26-19(20)8-10-24-21)14-5-4-13-6-7-17(25-18(13)11-14)16-3-1-2-9-23-16/h1-12H,(H2,22,24). The first-order valence-corrected chi connectivity index (χ1v) is 9.12. The number of hydrogen-bond donors (Lipinski definition) is 1. The summed E-state index contributed by atoms with van der Waals surface area (Å²) in [4.78, 5) is 13.4. The third-order valence-corrected chi connectivity index (χ3v) is 5.39. The maximum Gasteiger partial charge on any atom is 0.132 e. The molecule has 0 aliphatic carbocycles. The van der Waals surface area contributed by atoms with Gasteiger partial charge < -0.3 is 5.73 Å². The largest absolute Gasteiger partial charge is 0.383 e. The molecule has 0 fully saturated rings. The molecule has 1 aromatic carbocycles. The van der Waals surface area contributed by atoms with E-state index in [1.165, 1.54) is 0 Å². The number of fused-ring (bicyclic) bond motifs is 2. The highest BCUT2D eigenvalue weighted by Gasteiger charge is 2.11. The Balaban J connectivity index is 1.69. The summed E-state index contributed by atoms with van der Waals surface area (Å²) in [6.45, 7) is 0. The minimum Gasteiger partial charge on any atom is -0.383 e. The fraction of sp³-hybridized carbons (Fsp3) is 0. The molecule has 0 saturated carbocycles. The van der Waals surface area contributed by atoms with Gasteiger partial charge in [0.1, 0.15) is 5.82 Å². The van der Waals surface area contributed by atoms with Crippen LogP contribution in [0.25, 0.3) is 43.5 Å². The summed E-state index contributed by atoms with van der Waals surface area (Å²) >= 11 is 1.68. The van der Waals surface area contributed by atoms with E-state index in [2.05, 4.69) is 39.6 Å². The van der Waals surface area contributed by atoms with Gasteiger partial charge in [-0.05, 0) is 41.3 Å². The van der Waals surface area contributed by atoms with Gasteiger partial charge in [0.2, 0.25) is 0 Å². The third-order valence-electron chi connectivity index (χ3n) is 4.45. The zero-order chi connectivity index (χ0) is 17.5. The van der Waals surface area contributed by atoms with E-state index in [9.17, 15) is 0 Å². The molecule has 5 heteroatoms. The van der Waals surface area contributed by atoms with E-state index in [0.29, 0.717) is 5.82 Å². The van der Waals surface area contributed by atoms with E-state index in [-0.39, 0.29) is 0 Å². The van der Waals surface area contributed by atoms with Crippen LogP contribution < -0.4 is 5.73 Å². The van der Waals surface area contributed by atoms with Crippen molar-refractivity contribution in [3.63, 3.8) is 0 Å². The molecule has 0 spiro atoms. The van der Waals surface area contributed by atoms with Crippen LogP contribution in [0.15, 0.2) is 72.4 Å². The Morgan fingerprint density at radius 1 is 0.846 bits per heavy atom. The Morgan fingerprint density at radius 3 is 2.65 bits per heavy atom. The minimum atomic E-state index is 0.564. The van der Waals surface area contributed by atoms with E-state index >= 15 is 0 Å². The zero-order valence-corrected chi connectivity index (χ0v) is 14.6. The van der Waals surface area contributed by atoms with Gasteiger partial charge in [0, 0.05) is 33.4 Å². The number of hydrogen-bond acceptors (Lipinski definition) is 5. The molecule has 0 unspecified atom stereocenters. The third kappa shape index (κ3) is 2.41. The van der Waals surface area contributed by atoms with Gasteiger partial charge >= 0.3 is 0 Å². The molecule has 0 radical (unpaired) electrons. The molecule has 4 aromatic heterocycles. The molecule has 124 valence electrons. The number of benzene rings is 1. The quantitative estimate of drug-likeness (QED) is 0.476. The molecule has 5 rings (SSSR count). The van der Waals surface area contributed by atoms with Crippen LogP contribution in [0.5, 0.6) is 0 Å². The minimum absolute atomic E-state index is 0.564. The zero-order valence-electron chi connectivity index (χ0n) is 13.8. The van der Waals surface area contributed by atoms with Crippen molar-refractivity contribution in [2.45, 2.75) is 0 Å². The van der Waals surface area contributed by atoms with E-state index in [0.717, 1.165) is 43.5 Å². The number of anilines is 1. The van der Waals surface area contributed by atoms with Crippen molar-refractivity contribution in [2.24, 2.45) is 0 Å². The summed E-state index contributed by atoms with van der Waals surface area (Å²) in [5.41, 5.74) is 11.0. The average molecular weight is 354 g/mol. The second kappa shape index (κ2) is 5.89. The number of nitrogens with zero attached hydrogens (tertiary/aromatic N) is 3. The number of thiophene rings is 1. The van der Waals surface area contributed by atoms with E-state index in [1.807, 2.05) is 30.3 Å². The summed E-state index contributed by atoms with van der Waals surface area (Å²) in [7, 11) is 0. The van der Waals surface area contributed by atoms with E-state index in [4.69, 9.17) is 10.7 Å². The molecule has 0 bridgehead atoms. The summed E-state index contributed by atoms with van der Waals surface area (Å²) < 4.78 is 1.14. The van der Waals surface area contributed by atoms with Crippen LogP contribution >= 0.6 is 11.3 Å². The Morgan fingerprint density at radius 2 is 1.77 bits per heavy atom. The van der Waals surface area contributed by atoms with Gasteiger partial charge in [0.15, 0.2) is 0 Å². The Labute approximate surface area is 154 Å². The lowest BCUT2D eigenvalue weighted by Gasteiger charge is -2.06. The Hall–Kier alpha value is -3.31. The maximum absolute atomic E-state index is 6.12. The number of rotatable bonds is 2. The summed E-state index contributed by atoms with van der Waals surface area (Å²) in [5, 5.41) is 4.24. The number of nitrogen functional groups attached to an aromatic ring is 1. The normalized spacial score (nSPS) is 11.2. The Bertz CT molecular complexity index is 1250. The van der Waals surface area contributed by atoms with Crippen molar-refractivity contribution in [3.8, 4) is 22.5 Å². The van der Waals surface area contributed by atoms with Crippen molar-refractivity contribution in [2.75, 3.05) is 5.73 Å². The lowest BCUT2D eigenvalue weighted by Crippen LogP contribution is -1.91. The number of aromatic nitrogens is 3. The molecule has 0 aliphatic heterocycles. The van der Waals surface area contributed by atoms with Gasteiger partial charge in [-0.15, -0.1) is 11.3 Å². The topological polar surface area (TPSA) is 64.7 Å². The fourth-order valence-electron chi connectivity index (χ4n) is 3.16. The maximum atomic E-state index is 6.12. The van der Waals surface area contributed by atoms with Gasteiger partial charge in [-0.25, -0.2) is 9.97 Å². The van der Waals surface area contributed by atoms with Gasteiger partial charge in [0.05, 0.1) is 16.9 Å². The summed E-state index contributed by atoms with van der Waals surface area (Å²) in [6, 6.07) is 18.2.